The van der Waals surface area contributed by atoms with Crippen LogP contribution < -0.4 is 0 Å². The van der Waals surface area contributed by atoms with Crippen LogP contribution >= 0.6 is 0 Å². The fraction of sp³-hybridized carbons (Fsp3) is 0.588. The summed E-state index contributed by atoms with van der Waals surface area (Å²) in [5.74, 6) is 0.644. The van der Waals surface area contributed by atoms with Gasteiger partial charge in [0.1, 0.15) is 5.84 Å². The Kier molecular flexibility index (Phi) is 3.33. The van der Waals surface area contributed by atoms with Gasteiger partial charge in [-0.1, -0.05) is 45.0 Å². The van der Waals surface area contributed by atoms with E-state index in [1.807, 2.05) is 0 Å². The molecule has 2 saturated heterocycles. The average molecular weight is 272 g/mol. The summed E-state index contributed by atoms with van der Waals surface area (Å²) in [7, 11) is 0. The molecule has 0 spiro atoms. The van der Waals surface area contributed by atoms with Gasteiger partial charge in [-0.15, -0.1) is 0 Å². The zero-order valence-electron chi connectivity index (χ0n) is 12.6. The molecule has 2 unspecified atom stereocenters. The molecular formula is C17H24N2O. The Labute approximate surface area is 121 Å². The number of hydrogen-bond donors (Lipinski definition) is 1. The van der Waals surface area contributed by atoms with Crippen LogP contribution in [-0.4, -0.2) is 36.0 Å². The Morgan fingerprint density at radius 3 is 2.15 bits per heavy atom. The van der Waals surface area contributed by atoms with Crippen LogP contribution in [0.1, 0.15) is 44.7 Å². The van der Waals surface area contributed by atoms with E-state index < -0.39 is 0 Å². The van der Waals surface area contributed by atoms with Gasteiger partial charge < -0.3 is 9.64 Å². The van der Waals surface area contributed by atoms with Crippen LogP contribution in [-0.2, 0) is 10.2 Å². The average Bonchev–Trinajstić information content (AvgIpc) is 2.76. The Balaban J connectivity index is 1.74. The Morgan fingerprint density at radius 2 is 1.65 bits per heavy atom. The molecule has 3 rings (SSSR count). The number of nitrogens with one attached hydrogen (secondary N) is 1. The third-order valence-corrected chi connectivity index (χ3v) is 4.38. The molecule has 1 N–H and O–H groups in total. The van der Waals surface area contributed by atoms with Gasteiger partial charge in [0.15, 0.2) is 0 Å². The monoisotopic (exact) mass is 272 g/mol. The smallest absolute Gasteiger partial charge is 0.128 e. The van der Waals surface area contributed by atoms with Crippen molar-refractivity contribution in [1.82, 2.24) is 4.90 Å². The lowest BCUT2D eigenvalue weighted by Crippen LogP contribution is -2.45. The Morgan fingerprint density at radius 1 is 1.10 bits per heavy atom. The zero-order valence-corrected chi connectivity index (χ0v) is 12.6. The molecule has 0 saturated carbocycles. The lowest BCUT2D eigenvalue weighted by molar-refractivity contribution is -0.0157. The number of likely N-dealkylation sites (tertiary alicyclic amines) is 1. The van der Waals surface area contributed by atoms with Gasteiger partial charge in [-0.25, -0.2) is 0 Å². The number of amidine groups is 1. The largest absolute Gasteiger partial charge is 0.371 e. The van der Waals surface area contributed by atoms with E-state index in [-0.39, 0.29) is 5.41 Å². The molecule has 108 valence electrons. The quantitative estimate of drug-likeness (QED) is 0.629. The molecule has 0 amide bonds. The van der Waals surface area contributed by atoms with Gasteiger partial charge in [0, 0.05) is 18.7 Å². The molecule has 0 aliphatic carbocycles. The second-order valence-corrected chi connectivity index (χ2v) is 7.04. The van der Waals surface area contributed by atoms with Crippen molar-refractivity contribution in [2.75, 3.05) is 13.1 Å². The summed E-state index contributed by atoms with van der Waals surface area (Å²) in [6.45, 7) is 8.39. The van der Waals surface area contributed by atoms with E-state index in [2.05, 4.69) is 49.9 Å². The van der Waals surface area contributed by atoms with Crippen molar-refractivity contribution in [3.8, 4) is 0 Å². The molecular weight excluding hydrogens is 248 g/mol. The van der Waals surface area contributed by atoms with Gasteiger partial charge in [0.2, 0.25) is 0 Å². The van der Waals surface area contributed by atoms with Gasteiger partial charge in [-0.3, -0.25) is 5.41 Å². The molecule has 2 aliphatic heterocycles. The van der Waals surface area contributed by atoms with Crippen LogP contribution in [0.4, 0.5) is 0 Å². The standard InChI is InChI=1S/C17H24N2O/c1-17(2,3)13-6-4-12(5-7-13)16(18)19-10-14-8-9-15(11-19)20-14/h4-7,14-15,18H,8-11H2,1-3H3. The number of benzene rings is 1. The molecule has 2 aliphatic rings. The summed E-state index contributed by atoms with van der Waals surface area (Å²) in [5, 5.41) is 8.43. The SMILES string of the molecule is CC(C)(C)c1ccc(C(=N)N2CC3CCC(C2)O3)cc1. The van der Waals surface area contributed by atoms with Crippen molar-refractivity contribution < 1.29 is 4.74 Å². The van der Waals surface area contributed by atoms with Crippen LogP contribution in [0, 0.1) is 5.41 Å². The van der Waals surface area contributed by atoms with E-state index in [0.29, 0.717) is 18.0 Å². The van der Waals surface area contributed by atoms with Crippen LogP contribution in [0.25, 0.3) is 0 Å². The summed E-state index contributed by atoms with van der Waals surface area (Å²) >= 11 is 0. The number of ether oxygens (including phenoxy) is 1. The molecule has 2 heterocycles. The fourth-order valence-electron chi connectivity index (χ4n) is 3.11. The molecule has 1 aromatic carbocycles. The third-order valence-electron chi connectivity index (χ3n) is 4.38. The summed E-state index contributed by atoms with van der Waals surface area (Å²) in [5.41, 5.74) is 2.49. The van der Waals surface area contributed by atoms with Gasteiger partial charge in [0.25, 0.3) is 0 Å². The third kappa shape index (κ3) is 2.59. The van der Waals surface area contributed by atoms with E-state index in [1.54, 1.807) is 0 Å². The first-order chi connectivity index (χ1) is 9.43. The lowest BCUT2D eigenvalue weighted by Gasteiger charge is -2.34. The first-order valence-corrected chi connectivity index (χ1v) is 7.53. The minimum atomic E-state index is 0.165. The maximum atomic E-state index is 8.43. The molecule has 2 atom stereocenters. The molecule has 3 nitrogen and oxygen atoms in total. The van der Waals surface area contributed by atoms with Crippen molar-refractivity contribution >= 4 is 5.84 Å². The highest BCUT2D eigenvalue weighted by molar-refractivity contribution is 5.96. The lowest BCUT2D eigenvalue weighted by atomic mass is 9.86. The minimum Gasteiger partial charge on any atom is -0.371 e. The predicted octanol–water partition coefficient (Wildman–Crippen LogP) is 3.17. The molecule has 0 aromatic heterocycles. The number of hydrogen-bond acceptors (Lipinski definition) is 2. The van der Waals surface area contributed by atoms with Crippen LogP contribution in [0.2, 0.25) is 0 Å². The first-order valence-electron chi connectivity index (χ1n) is 7.53. The second-order valence-electron chi connectivity index (χ2n) is 7.04. The predicted molar refractivity (Wildman–Crippen MR) is 81.4 cm³/mol. The van der Waals surface area contributed by atoms with Gasteiger partial charge in [-0.2, -0.15) is 0 Å². The van der Waals surface area contributed by atoms with Gasteiger partial charge in [0.05, 0.1) is 12.2 Å². The summed E-state index contributed by atoms with van der Waals surface area (Å²) < 4.78 is 5.84. The van der Waals surface area contributed by atoms with Gasteiger partial charge in [-0.05, 0) is 23.8 Å². The Hall–Kier alpha value is -1.35. The first kappa shape index (κ1) is 13.6. The minimum absolute atomic E-state index is 0.165. The highest BCUT2D eigenvalue weighted by Crippen LogP contribution is 2.28. The van der Waals surface area contributed by atoms with Crippen molar-refractivity contribution in [2.45, 2.75) is 51.2 Å². The van der Waals surface area contributed by atoms with Crippen molar-refractivity contribution in [1.29, 1.82) is 5.41 Å². The molecule has 2 bridgehead atoms. The summed E-state index contributed by atoms with van der Waals surface area (Å²) in [6, 6.07) is 8.47. The number of morpholine rings is 1. The van der Waals surface area contributed by atoms with E-state index >= 15 is 0 Å². The molecule has 2 fully saturated rings. The van der Waals surface area contributed by atoms with E-state index in [4.69, 9.17) is 10.1 Å². The zero-order chi connectivity index (χ0) is 14.3. The number of fused-ring (bicyclic) bond motifs is 2. The molecule has 20 heavy (non-hydrogen) atoms. The van der Waals surface area contributed by atoms with Crippen LogP contribution in [0.5, 0.6) is 0 Å². The number of nitrogens with zero attached hydrogens (tertiary/aromatic N) is 1. The van der Waals surface area contributed by atoms with Crippen LogP contribution in [0.15, 0.2) is 24.3 Å². The number of rotatable bonds is 1. The summed E-state index contributed by atoms with van der Waals surface area (Å²) in [4.78, 5) is 2.18. The normalized spacial score (nSPS) is 25.9. The topological polar surface area (TPSA) is 36.3 Å². The van der Waals surface area contributed by atoms with Gasteiger partial charge >= 0.3 is 0 Å². The maximum Gasteiger partial charge on any atom is 0.128 e. The fourth-order valence-corrected chi connectivity index (χ4v) is 3.11. The highest BCUT2D eigenvalue weighted by atomic mass is 16.5. The van der Waals surface area contributed by atoms with E-state index in [9.17, 15) is 0 Å². The second kappa shape index (κ2) is 4.88. The Bertz CT molecular complexity index is 489. The molecule has 1 aromatic rings. The van der Waals surface area contributed by atoms with E-state index in [0.717, 1.165) is 31.5 Å². The van der Waals surface area contributed by atoms with Crippen LogP contribution in [0.3, 0.4) is 0 Å². The molecule has 0 radical (unpaired) electrons. The van der Waals surface area contributed by atoms with Crippen molar-refractivity contribution in [3.05, 3.63) is 35.4 Å². The van der Waals surface area contributed by atoms with Crippen molar-refractivity contribution in [2.24, 2.45) is 0 Å². The maximum absolute atomic E-state index is 8.43. The summed E-state index contributed by atoms with van der Waals surface area (Å²) in [6.07, 6.45) is 2.97. The highest BCUT2D eigenvalue weighted by Gasteiger charge is 2.34. The van der Waals surface area contributed by atoms with E-state index in [1.165, 1.54) is 5.56 Å². The molecule has 3 heteroatoms. The van der Waals surface area contributed by atoms with Crippen molar-refractivity contribution in [3.63, 3.8) is 0 Å².